The molecule has 0 amide bonds. The first-order valence-corrected chi connectivity index (χ1v) is 0. The molecular formula is H4HgI4K2+2. The molecule has 7 heteroatoms. The largest absolute Gasteiger partial charge is 1.00 e. The van der Waals surface area contributed by atoms with Crippen LogP contribution >= 0.6 is 95.9 Å². The molecule has 0 aliphatic rings. The predicted molar refractivity (Wildman–Crippen MR) is 61.7 cm³/mol. The van der Waals surface area contributed by atoms with Crippen molar-refractivity contribution in [1.82, 2.24) is 0 Å². The van der Waals surface area contributed by atoms with E-state index in [1.54, 1.807) is 0 Å². The van der Waals surface area contributed by atoms with Gasteiger partial charge in [0.15, 0.2) is 0 Å². The van der Waals surface area contributed by atoms with Gasteiger partial charge in [0.1, 0.15) is 0 Å². The Bertz CT molecular complexity index is 9.65. The molecule has 0 rings (SSSR count). The van der Waals surface area contributed by atoms with Crippen LogP contribution in [-0.2, 0) is 27.7 Å². The third kappa shape index (κ3) is 32.0. The summed E-state index contributed by atoms with van der Waals surface area (Å²) in [4.78, 5) is 0. The van der Waals surface area contributed by atoms with E-state index < -0.39 is 0 Å². The minimum absolute atomic E-state index is 0. The Kier molecular flexibility index (Phi) is 260. The molecule has 0 N–H and O–H groups in total. The van der Waals surface area contributed by atoms with Gasteiger partial charge in [-0.05, 0) is 0 Å². The number of hydrogen-bond acceptors (Lipinski definition) is 0. The molecular weight excluding hydrogens is 786 g/mol. The normalized spacial score (nSPS) is 0. The summed E-state index contributed by atoms with van der Waals surface area (Å²) in [7, 11) is 0. The van der Waals surface area contributed by atoms with Crippen LogP contribution in [0.15, 0.2) is 0 Å². The van der Waals surface area contributed by atoms with E-state index in [-0.39, 0.29) is 226 Å². The van der Waals surface area contributed by atoms with Gasteiger partial charge in [-0.2, -0.15) is 0 Å². The molecule has 7 heavy (non-hydrogen) atoms. The molecule has 0 nitrogen and oxygen atoms in total. The average molecular weight is 790 g/mol. The topological polar surface area (TPSA) is 0 Å². The van der Waals surface area contributed by atoms with E-state index in [2.05, 4.69) is 0 Å². The number of hydrogen-bond donors (Lipinski definition) is 0. The van der Waals surface area contributed by atoms with Crippen molar-refractivity contribution in [1.29, 1.82) is 0 Å². The maximum Gasteiger partial charge on any atom is 1.00 e. The van der Waals surface area contributed by atoms with Crippen LogP contribution in [0.4, 0.5) is 0 Å². The summed E-state index contributed by atoms with van der Waals surface area (Å²) in [6, 6.07) is 0. The maximum atomic E-state index is 0. The molecule has 0 saturated heterocycles. The van der Waals surface area contributed by atoms with E-state index in [0.717, 1.165) is 0 Å². The Balaban J connectivity index is 0. The molecule has 0 aromatic carbocycles. The van der Waals surface area contributed by atoms with E-state index >= 15 is 0 Å². The molecule has 0 spiro atoms. The summed E-state index contributed by atoms with van der Waals surface area (Å²) < 4.78 is 0. The molecule has 0 saturated carbocycles. The van der Waals surface area contributed by atoms with Crippen LogP contribution in [0.1, 0.15) is 0 Å². The van der Waals surface area contributed by atoms with Crippen molar-refractivity contribution in [2.24, 2.45) is 0 Å². The van der Waals surface area contributed by atoms with E-state index in [4.69, 9.17) is 0 Å². The van der Waals surface area contributed by atoms with Gasteiger partial charge < -0.3 is 0 Å². The van der Waals surface area contributed by atoms with Crippen molar-refractivity contribution >= 4 is 95.9 Å². The Labute approximate surface area is 218 Å². The van der Waals surface area contributed by atoms with Crippen LogP contribution in [0, 0.1) is 0 Å². The van der Waals surface area contributed by atoms with Crippen LogP contribution in [0.3, 0.4) is 0 Å². The van der Waals surface area contributed by atoms with Crippen molar-refractivity contribution in [3.63, 3.8) is 0 Å². The maximum absolute atomic E-state index is 0. The van der Waals surface area contributed by atoms with Crippen molar-refractivity contribution in [2.75, 3.05) is 0 Å². The van der Waals surface area contributed by atoms with Crippen LogP contribution in [0.2, 0.25) is 0 Å². The Morgan fingerprint density at radius 1 is 0.429 bits per heavy atom. The molecule has 0 aliphatic heterocycles. The molecule has 34 valence electrons. The molecule has 0 heterocycles. The molecule has 0 aromatic heterocycles. The smallest absolute Gasteiger partial charge is 0.107 e. The second-order valence-electron chi connectivity index (χ2n) is 0. The second kappa shape index (κ2) is 38.0. The summed E-state index contributed by atoms with van der Waals surface area (Å²) in [6.07, 6.45) is 0. The van der Waals surface area contributed by atoms with Gasteiger partial charge >= 0.3 is 103 Å². The Hall–Kier alpha value is 7.13. The summed E-state index contributed by atoms with van der Waals surface area (Å²) in [5.41, 5.74) is 0. The van der Waals surface area contributed by atoms with Gasteiger partial charge in [0.25, 0.3) is 0 Å². The summed E-state index contributed by atoms with van der Waals surface area (Å²) in [6.45, 7) is 0. The van der Waals surface area contributed by atoms with Crippen LogP contribution in [0.25, 0.3) is 0 Å². The van der Waals surface area contributed by atoms with Gasteiger partial charge in [0.05, 0.1) is 0 Å². The van der Waals surface area contributed by atoms with Gasteiger partial charge in [-0.3, -0.25) is 0 Å². The van der Waals surface area contributed by atoms with Crippen molar-refractivity contribution < 1.29 is 130 Å². The van der Waals surface area contributed by atoms with Crippen LogP contribution < -0.4 is 103 Å². The number of rotatable bonds is 0. The first-order chi connectivity index (χ1) is 0. The average Bonchev–Trinajstić information content (AvgIpc) is 0. The van der Waals surface area contributed by atoms with Gasteiger partial charge in [-0.1, -0.05) is 0 Å². The van der Waals surface area contributed by atoms with Gasteiger partial charge in [-0.25, -0.2) is 0 Å². The summed E-state index contributed by atoms with van der Waals surface area (Å²) in [5, 5.41) is 0. The summed E-state index contributed by atoms with van der Waals surface area (Å²) >= 11 is 0. The van der Waals surface area contributed by atoms with Crippen LogP contribution in [-0.4, -0.2) is 0 Å². The van der Waals surface area contributed by atoms with Crippen molar-refractivity contribution in [3.05, 3.63) is 0 Å². The third-order valence-corrected chi connectivity index (χ3v) is 0. The Morgan fingerprint density at radius 2 is 0.429 bits per heavy atom. The molecule has 0 fully saturated rings. The molecule has 0 radical (unpaired) electrons. The minimum atomic E-state index is 0. The monoisotopic (exact) mass is 792 g/mol. The van der Waals surface area contributed by atoms with E-state index in [9.17, 15) is 0 Å². The fraction of sp³-hybridized carbons (Fsp3) is 0. The zero-order chi connectivity index (χ0) is 0. The Morgan fingerprint density at radius 3 is 0.429 bits per heavy atom. The van der Waals surface area contributed by atoms with Gasteiger partial charge in [0, 0.05) is 27.7 Å². The second-order valence-corrected chi connectivity index (χ2v) is 0. The SMILES string of the molecule is I.I.I.I.[Hg].[K+].[K+]. The van der Waals surface area contributed by atoms with Gasteiger partial charge in [-0.15, -0.1) is 95.9 Å². The van der Waals surface area contributed by atoms with Crippen LogP contribution in [0.5, 0.6) is 0 Å². The first-order valence-electron chi connectivity index (χ1n) is 0. The van der Waals surface area contributed by atoms with E-state index in [1.807, 2.05) is 0 Å². The third-order valence-electron chi connectivity index (χ3n) is 0. The molecule has 0 bridgehead atoms. The first kappa shape index (κ1) is 47.9. The standard InChI is InChI=1S/Hg.4HI.2K/h;4*1H;;/q;;;;;2*+1. The quantitative estimate of drug-likeness (QED) is 0.177. The molecule has 0 atom stereocenters. The summed E-state index contributed by atoms with van der Waals surface area (Å²) in [5.74, 6) is 0. The van der Waals surface area contributed by atoms with E-state index in [0.29, 0.717) is 0 Å². The molecule has 0 unspecified atom stereocenters. The number of halogens is 4. The minimum Gasteiger partial charge on any atom is -0.107 e. The van der Waals surface area contributed by atoms with Crippen molar-refractivity contribution in [2.45, 2.75) is 0 Å². The predicted octanol–water partition coefficient (Wildman–Crippen LogP) is -3.52. The molecule has 0 aromatic rings. The zero-order valence-corrected chi connectivity index (χ0v) is 25.4. The fourth-order valence-electron chi connectivity index (χ4n) is 0. The van der Waals surface area contributed by atoms with E-state index in [1.165, 1.54) is 0 Å². The van der Waals surface area contributed by atoms with Gasteiger partial charge in [0.2, 0.25) is 0 Å². The van der Waals surface area contributed by atoms with Crippen molar-refractivity contribution in [3.8, 4) is 0 Å². The fourth-order valence-corrected chi connectivity index (χ4v) is 0. The molecule has 0 aliphatic carbocycles. The zero-order valence-electron chi connectivity index (χ0n) is 4.34.